The van der Waals surface area contributed by atoms with Crippen molar-refractivity contribution in [3.05, 3.63) is 63.6 Å². The monoisotopic (exact) mass is 489 g/mol. The van der Waals surface area contributed by atoms with E-state index in [0.29, 0.717) is 42.3 Å². The zero-order chi connectivity index (χ0) is 23.8. The fourth-order valence-corrected chi connectivity index (χ4v) is 4.33. The van der Waals surface area contributed by atoms with Crippen LogP contribution < -0.4 is 0 Å². The van der Waals surface area contributed by atoms with E-state index in [9.17, 15) is 4.79 Å². The number of rotatable bonds is 9. The lowest BCUT2D eigenvalue weighted by Gasteiger charge is -2.34. The summed E-state index contributed by atoms with van der Waals surface area (Å²) >= 11 is 12.8. The van der Waals surface area contributed by atoms with Gasteiger partial charge in [0, 0.05) is 50.4 Å². The number of aliphatic hydroxyl groups is 1. The van der Waals surface area contributed by atoms with Gasteiger partial charge in [0.15, 0.2) is 0 Å². The Morgan fingerprint density at radius 1 is 1.15 bits per heavy atom. The van der Waals surface area contributed by atoms with Gasteiger partial charge >= 0.3 is 0 Å². The van der Waals surface area contributed by atoms with Gasteiger partial charge in [-0.05, 0) is 34.8 Å². The maximum atomic E-state index is 12.9. The third-order valence-electron chi connectivity index (χ3n) is 5.80. The van der Waals surface area contributed by atoms with Crippen LogP contribution in [-0.4, -0.2) is 73.4 Å². The Bertz CT molecular complexity index is 970. The van der Waals surface area contributed by atoms with Gasteiger partial charge in [0.05, 0.1) is 29.9 Å². The van der Waals surface area contributed by atoms with Crippen LogP contribution in [0, 0.1) is 6.07 Å². The summed E-state index contributed by atoms with van der Waals surface area (Å²) < 4.78 is 5.33. The average Bonchev–Trinajstić information content (AvgIpc) is 2.83. The molecule has 7 heteroatoms. The summed E-state index contributed by atoms with van der Waals surface area (Å²) in [5.74, 6) is 0.286. The molecule has 177 valence electrons. The lowest BCUT2D eigenvalue weighted by molar-refractivity contribution is -0.127. The molecule has 1 aliphatic rings. The molecule has 2 aromatic carbocycles. The van der Waals surface area contributed by atoms with E-state index in [0.717, 1.165) is 36.3 Å². The van der Waals surface area contributed by atoms with Gasteiger partial charge in [0.1, 0.15) is 0 Å². The van der Waals surface area contributed by atoms with Crippen molar-refractivity contribution in [1.29, 1.82) is 0 Å². The first-order chi connectivity index (χ1) is 15.9. The molecule has 1 N–H and O–H groups in total. The molecule has 2 aromatic rings. The molecular formula is C26H31Cl2N2O3. The number of carbonyl (C=O) groups is 1. The van der Waals surface area contributed by atoms with Crippen LogP contribution in [0.2, 0.25) is 10.0 Å². The van der Waals surface area contributed by atoms with Gasteiger partial charge in [0.2, 0.25) is 5.91 Å². The first-order valence-electron chi connectivity index (χ1n) is 11.3. The number of nitrogens with zero attached hydrogens (tertiary/aromatic N) is 2. The molecule has 3 rings (SSSR count). The van der Waals surface area contributed by atoms with Gasteiger partial charge in [0.25, 0.3) is 0 Å². The highest BCUT2D eigenvalue weighted by molar-refractivity contribution is 6.43. The van der Waals surface area contributed by atoms with E-state index in [2.05, 4.69) is 36.9 Å². The molecule has 0 unspecified atom stereocenters. The average molecular weight is 490 g/mol. The van der Waals surface area contributed by atoms with Crippen LogP contribution in [0.25, 0.3) is 17.2 Å². The van der Waals surface area contributed by atoms with Crippen LogP contribution in [0.4, 0.5) is 0 Å². The van der Waals surface area contributed by atoms with E-state index < -0.39 is 0 Å². The number of aliphatic hydroxyl groups excluding tert-OH is 1. The summed E-state index contributed by atoms with van der Waals surface area (Å²) in [6.45, 7) is 8.97. The third-order valence-corrected chi connectivity index (χ3v) is 6.59. The molecule has 1 amide bonds. The van der Waals surface area contributed by atoms with Gasteiger partial charge in [-0.3, -0.25) is 9.69 Å². The largest absolute Gasteiger partial charge is 0.394 e. The second-order valence-corrected chi connectivity index (χ2v) is 9.08. The van der Waals surface area contributed by atoms with Crippen molar-refractivity contribution < 1.29 is 14.6 Å². The number of amides is 1. The molecule has 5 nitrogen and oxygen atoms in total. The molecule has 1 heterocycles. The molecule has 0 atom stereocenters. The van der Waals surface area contributed by atoms with Gasteiger partial charge in [-0.25, -0.2) is 0 Å². The minimum absolute atomic E-state index is 0.0358. The van der Waals surface area contributed by atoms with Gasteiger partial charge in [-0.2, -0.15) is 0 Å². The molecule has 0 spiro atoms. The summed E-state index contributed by atoms with van der Waals surface area (Å²) in [4.78, 5) is 17.0. The molecule has 33 heavy (non-hydrogen) atoms. The second-order valence-electron chi connectivity index (χ2n) is 8.32. The van der Waals surface area contributed by atoms with Gasteiger partial charge in [-0.1, -0.05) is 61.3 Å². The predicted octanol–water partition coefficient (Wildman–Crippen LogP) is 4.75. The number of benzene rings is 2. The van der Waals surface area contributed by atoms with Gasteiger partial charge < -0.3 is 14.7 Å². The SMILES string of the molecule is CC(C)c1ccccc1-c1c[c]c(Cl)c(Cl)c1/C=C/C(=O)N1CCN(CCOCCO)CC1. The van der Waals surface area contributed by atoms with E-state index in [1.807, 2.05) is 23.1 Å². The topological polar surface area (TPSA) is 53.0 Å². The van der Waals surface area contributed by atoms with E-state index >= 15 is 0 Å². The number of piperazine rings is 1. The van der Waals surface area contributed by atoms with Gasteiger partial charge in [-0.15, -0.1) is 0 Å². The fourth-order valence-electron chi connectivity index (χ4n) is 3.96. The quantitative estimate of drug-likeness (QED) is 0.407. The molecule has 1 radical (unpaired) electrons. The van der Waals surface area contributed by atoms with Crippen molar-refractivity contribution in [1.82, 2.24) is 9.80 Å². The van der Waals surface area contributed by atoms with E-state index in [4.69, 9.17) is 33.0 Å². The molecule has 0 bridgehead atoms. The highest BCUT2D eigenvalue weighted by Gasteiger charge is 2.20. The molecule has 1 saturated heterocycles. The Balaban J connectivity index is 1.73. The summed E-state index contributed by atoms with van der Waals surface area (Å²) in [6.07, 6.45) is 3.35. The maximum absolute atomic E-state index is 12.9. The lowest BCUT2D eigenvalue weighted by Crippen LogP contribution is -2.49. The lowest BCUT2D eigenvalue weighted by atomic mass is 9.90. The number of ether oxygens (including phenoxy) is 1. The highest BCUT2D eigenvalue weighted by Crippen LogP contribution is 2.38. The van der Waals surface area contributed by atoms with Crippen LogP contribution in [0.15, 0.2) is 36.4 Å². The summed E-state index contributed by atoms with van der Waals surface area (Å²) in [7, 11) is 0. The summed E-state index contributed by atoms with van der Waals surface area (Å²) in [5, 5.41) is 9.51. The second kappa shape index (κ2) is 12.5. The van der Waals surface area contributed by atoms with Crippen molar-refractivity contribution in [2.45, 2.75) is 19.8 Å². The van der Waals surface area contributed by atoms with Crippen molar-refractivity contribution in [2.24, 2.45) is 0 Å². The van der Waals surface area contributed by atoms with Crippen molar-refractivity contribution in [2.75, 3.05) is 52.5 Å². The first kappa shape index (κ1) is 25.7. The van der Waals surface area contributed by atoms with Crippen LogP contribution in [0.1, 0.15) is 30.9 Å². The number of halogens is 2. The molecule has 0 saturated carbocycles. The Morgan fingerprint density at radius 3 is 2.58 bits per heavy atom. The standard InChI is InChI=1S/C26H31Cl2N2O3/c1-19(2)20-5-3-4-6-21(20)22-7-9-24(27)26(28)23(22)8-10-25(32)30-13-11-29(12-14-30)15-17-33-18-16-31/h3-8,10,19,31H,11-18H2,1-2H3/b10-8+. The van der Waals surface area contributed by atoms with Crippen LogP contribution in [0.5, 0.6) is 0 Å². The molecule has 1 aliphatic heterocycles. The van der Waals surface area contributed by atoms with Crippen molar-refractivity contribution in [3.8, 4) is 11.1 Å². The minimum Gasteiger partial charge on any atom is -0.394 e. The Labute approximate surface area is 206 Å². The fraction of sp³-hybridized carbons (Fsp3) is 0.423. The molecule has 0 aliphatic carbocycles. The van der Waals surface area contributed by atoms with Crippen LogP contribution in [-0.2, 0) is 9.53 Å². The van der Waals surface area contributed by atoms with Crippen molar-refractivity contribution >= 4 is 35.2 Å². The zero-order valence-corrected chi connectivity index (χ0v) is 20.7. The minimum atomic E-state index is -0.0469. The normalized spacial score (nSPS) is 15.0. The molecule has 1 fully saturated rings. The van der Waals surface area contributed by atoms with Crippen LogP contribution >= 0.6 is 23.2 Å². The Morgan fingerprint density at radius 2 is 1.88 bits per heavy atom. The summed E-state index contributed by atoms with van der Waals surface area (Å²) in [5.41, 5.74) is 3.89. The third kappa shape index (κ3) is 6.81. The Hall–Kier alpha value is -1.89. The first-order valence-corrected chi connectivity index (χ1v) is 12.0. The van der Waals surface area contributed by atoms with E-state index in [1.165, 1.54) is 5.56 Å². The van der Waals surface area contributed by atoms with E-state index in [1.54, 1.807) is 12.2 Å². The van der Waals surface area contributed by atoms with Crippen molar-refractivity contribution in [3.63, 3.8) is 0 Å². The maximum Gasteiger partial charge on any atom is 0.246 e. The van der Waals surface area contributed by atoms with E-state index in [-0.39, 0.29) is 12.5 Å². The number of hydrogen-bond acceptors (Lipinski definition) is 4. The number of carbonyl (C=O) groups excluding carboxylic acids is 1. The highest BCUT2D eigenvalue weighted by atomic mass is 35.5. The van der Waals surface area contributed by atoms with Crippen LogP contribution in [0.3, 0.4) is 0 Å². The predicted molar refractivity (Wildman–Crippen MR) is 135 cm³/mol. The smallest absolute Gasteiger partial charge is 0.246 e. The zero-order valence-electron chi connectivity index (χ0n) is 19.2. The number of hydrogen-bond donors (Lipinski definition) is 1. The molecular weight excluding hydrogens is 459 g/mol. The Kier molecular flexibility index (Phi) is 9.78. The molecule has 0 aromatic heterocycles. The summed E-state index contributed by atoms with van der Waals surface area (Å²) in [6, 6.07) is 13.1.